The lowest BCUT2D eigenvalue weighted by Crippen LogP contribution is -2.33. The van der Waals surface area contributed by atoms with Crippen LogP contribution in [0.2, 0.25) is 10.3 Å². The van der Waals surface area contributed by atoms with Crippen molar-refractivity contribution in [3.8, 4) is 0 Å². The first-order chi connectivity index (χ1) is 9.27. The van der Waals surface area contributed by atoms with E-state index in [0.717, 1.165) is 5.56 Å². The average molecular weight is 327 g/mol. The van der Waals surface area contributed by atoms with Crippen LogP contribution in [0.5, 0.6) is 0 Å². The van der Waals surface area contributed by atoms with Crippen LogP contribution in [0.3, 0.4) is 0 Å². The Labute approximate surface area is 125 Å². The van der Waals surface area contributed by atoms with Crippen LogP contribution in [0, 0.1) is 12.8 Å². The zero-order valence-electron chi connectivity index (χ0n) is 10.9. The van der Waals surface area contributed by atoms with Crippen LogP contribution in [-0.2, 0) is 0 Å². The van der Waals surface area contributed by atoms with Crippen molar-refractivity contribution in [3.63, 3.8) is 0 Å². The minimum absolute atomic E-state index is 0.00669. The molecule has 0 atom stereocenters. The summed E-state index contributed by atoms with van der Waals surface area (Å²) in [6.07, 6.45) is -2.83. The van der Waals surface area contributed by atoms with Crippen LogP contribution in [0.25, 0.3) is 0 Å². The van der Waals surface area contributed by atoms with Gasteiger partial charge in [0.15, 0.2) is 5.15 Å². The Morgan fingerprint density at radius 1 is 1.20 bits per heavy atom. The summed E-state index contributed by atoms with van der Waals surface area (Å²) < 4.78 is 37.8. The first-order valence-corrected chi connectivity index (χ1v) is 7.19. The SMILES string of the molecule is Cc1cc(Cl)nc(Cl)c1NC1CCC(C(F)(F)F)CC1. The van der Waals surface area contributed by atoms with Crippen molar-refractivity contribution in [2.24, 2.45) is 5.92 Å². The molecular weight excluding hydrogens is 312 g/mol. The van der Waals surface area contributed by atoms with Gasteiger partial charge in [0.05, 0.1) is 11.6 Å². The van der Waals surface area contributed by atoms with Gasteiger partial charge in [-0.3, -0.25) is 0 Å². The Morgan fingerprint density at radius 2 is 1.80 bits per heavy atom. The van der Waals surface area contributed by atoms with Gasteiger partial charge in [-0.1, -0.05) is 23.2 Å². The summed E-state index contributed by atoms with van der Waals surface area (Å²) >= 11 is 11.8. The Hall–Kier alpha value is -0.680. The van der Waals surface area contributed by atoms with Crippen LogP contribution in [-0.4, -0.2) is 17.2 Å². The fourth-order valence-electron chi connectivity index (χ4n) is 2.54. The third kappa shape index (κ3) is 3.70. The number of halogens is 5. The summed E-state index contributed by atoms with van der Waals surface area (Å²) in [5, 5.41) is 3.76. The van der Waals surface area contributed by atoms with E-state index in [9.17, 15) is 13.2 Å². The molecular formula is C13H15Cl2F3N2. The molecule has 1 aromatic rings. The topological polar surface area (TPSA) is 24.9 Å². The van der Waals surface area contributed by atoms with Gasteiger partial charge in [-0.2, -0.15) is 13.2 Å². The van der Waals surface area contributed by atoms with E-state index in [1.807, 2.05) is 6.92 Å². The van der Waals surface area contributed by atoms with Crippen molar-refractivity contribution in [1.29, 1.82) is 0 Å². The normalized spacial score (nSPS) is 23.7. The number of anilines is 1. The molecule has 1 aliphatic carbocycles. The van der Waals surface area contributed by atoms with Crippen LogP contribution >= 0.6 is 23.2 Å². The van der Waals surface area contributed by atoms with E-state index in [2.05, 4.69) is 10.3 Å². The van der Waals surface area contributed by atoms with Crippen molar-refractivity contribution in [2.75, 3.05) is 5.32 Å². The molecule has 1 N–H and O–H groups in total. The number of alkyl halides is 3. The fraction of sp³-hybridized carbons (Fsp3) is 0.615. The molecule has 0 aliphatic heterocycles. The van der Waals surface area contributed by atoms with Gasteiger partial charge >= 0.3 is 6.18 Å². The molecule has 2 rings (SSSR count). The first kappa shape index (κ1) is 15.7. The van der Waals surface area contributed by atoms with E-state index in [1.165, 1.54) is 0 Å². The molecule has 0 spiro atoms. The standard InChI is InChI=1S/C13H15Cl2F3N2/c1-7-6-10(14)20-12(15)11(7)19-9-4-2-8(3-5-9)13(16,17)18/h6,8-9,19H,2-5H2,1H3. The fourth-order valence-corrected chi connectivity index (χ4v) is 3.12. The summed E-state index contributed by atoms with van der Waals surface area (Å²) in [7, 11) is 0. The van der Waals surface area contributed by atoms with Gasteiger partial charge < -0.3 is 5.32 Å². The van der Waals surface area contributed by atoms with E-state index in [1.54, 1.807) is 6.07 Å². The minimum atomic E-state index is -4.08. The van der Waals surface area contributed by atoms with Gasteiger partial charge in [0.2, 0.25) is 0 Å². The lowest BCUT2D eigenvalue weighted by molar-refractivity contribution is -0.182. The van der Waals surface area contributed by atoms with Gasteiger partial charge in [0, 0.05) is 6.04 Å². The van der Waals surface area contributed by atoms with E-state index in [4.69, 9.17) is 23.2 Å². The van der Waals surface area contributed by atoms with Gasteiger partial charge in [0.25, 0.3) is 0 Å². The van der Waals surface area contributed by atoms with Crippen LogP contribution < -0.4 is 5.32 Å². The number of nitrogens with one attached hydrogen (secondary N) is 1. The molecule has 1 saturated carbocycles. The number of aryl methyl sites for hydroxylation is 1. The number of nitrogens with zero attached hydrogens (tertiary/aromatic N) is 1. The molecule has 0 amide bonds. The maximum atomic E-state index is 12.6. The summed E-state index contributed by atoms with van der Waals surface area (Å²) in [5.41, 5.74) is 1.50. The highest BCUT2D eigenvalue weighted by atomic mass is 35.5. The van der Waals surface area contributed by atoms with E-state index in [0.29, 0.717) is 23.7 Å². The smallest absolute Gasteiger partial charge is 0.380 e. The van der Waals surface area contributed by atoms with Crippen LogP contribution in [0.15, 0.2) is 6.07 Å². The average Bonchev–Trinajstić information content (AvgIpc) is 2.33. The summed E-state index contributed by atoms with van der Waals surface area (Å²) in [6, 6.07) is 1.67. The molecule has 0 saturated heterocycles. The first-order valence-electron chi connectivity index (χ1n) is 6.43. The summed E-state index contributed by atoms with van der Waals surface area (Å²) in [6.45, 7) is 1.84. The number of hydrogen-bond donors (Lipinski definition) is 1. The monoisotopic (exact) mass is 326 g/mol. The molecule has 2 nitrogen and oxygen atoms in total. The highest BCUT2D eigenvalue weighted by molar-refractivity contribution is 6.34. The predicted molar refractivity (Wildman–Crippen MR) is 74.4 cm³/mol. The molecule has 7 heteroatoms. The predicted octanol–water partition coefficient (Wildman–Crippen LogP) is 5.23. The molecule has 1 heterocycles. The molecule has 0 unspecified atom stereocenters. The second kappa shape index (κ2) is 5.98. The molecule has 112 valence electrons. The Kier molecular flexibility index (Phi) is 4.69. The zero-order chi connectivity index (χ0) is 14.9. The zero-order valence-corrected chi connectivity index (χ0v) is 12.4. The quantitative estimate of drug-likeness (QED) is 0.752. The van der Waals surface area contributed by atoms with Crippen molar-refractivity contribution in [2.45, 2.75) is 44.8 Å². The van der Waals surface area contributed by atoms with E-state index >= 15 is 0 Å². The van der Waals surface area contributed by atoms with Crippen LogP contribution in [0.4, 0.5) is 18.9 Å². The minimum Gasteiger partial charge on any atom is -0.380 e. The van der Waals surface area contributed by atoms with E-state index in [-0.39, 0.29) is 24.0 Å². The second-order valence-electron chi connectivity index (χ2n) is 5.16. The van der Waals surface area contributed by atoms with Gasteiger partial charge in [0.1, 0.15) is 5.15 Å². The van der Waals surface area contributed by atoms with Gasteiger partial charge in [-0.15, -0.1) is 0 Å². The highest BCUT2D eigenvalue weighted by Crippen LogP contribution is 2.39. The third-order valence-corrected chi connectivity index (χ3v) is 4.15. The van der Waals surface area contributed by atoms with Crippen molar-refractivity contribution < 1.29 is 13.2 Å². The Bertz CT molecular complexity index is 460. The molecule has 0 bridgehead atoms. The Morgan fingerprint density at radius 3 is 2.30 bits per heavy atom. The van der Waals surface area contributed by atoms with E-state index < -0.39 is 12.1 Å². The lowest BCUT2D eigenvalue weighted by atomic mass is 9.85. The second-order valence-corrected chi connectivity index (χ2v) is 5.91. The van der Waals surface area contributed by atoms with Crippen molar-refractivity contribution in [1.82, 2.24) is 4.98 Å². The third-order valence-electron chi connectivity index (χ3n) is 3.68. The lowest BCUT2D eigenvalue weighted by Gasteiger charge is -2.31. The summed E-state index contributed by atoms with van der Waals surface area (Å²) in [4.78, 5) is 3.94. The molecule has 0 radical (unpaired) electrons. The molecule has 1 aromatic heterocycles. The van der Waals surface area contributed by atoms with Crippen molar-refractivity contribution in [3.05, 3.63) is 21.9 Å². The summed E-state index contributed by atoms with van der Waals surface area (Å²) in [5.74, 6) is -1.18. The number of aromatic nitrogens is 1. The molecule has 1 aliphatic rings. The van der Waals surface area contributed by atoms with Crippen molar-refractivity contribution >= 4 is 28.9 Å². The largest absolute Gasteiger partial charge is 0.391 e. The molecule has 20 heavy (non-hydrogen) atoms. The maximum absolute atomic E-state index is 12.6. The molecule has 1 fully saturated rings. The maximum Gasteiger partial charge on any atom is 0.391 e. The number of rotatable bonds is 2. The van der Waals surface area contributed by atoms with Gasteiger partial charge in [-0.05, 0) is 44.2 Å². The number of pyridine rings is 1. The number of hydrogen-bond acceptors (Lipinski definition) is 2. The van der Waals surface area contributed by atoms with Gasteiger partial charge in [-0.25, -0.2) is 4.98 Å². The van der Waals surface area contributed by atoms with Crippen LogP contribution in [0.1, 0.15) is 31.2 Å². The molecule has 0 aromatic carbocycles. The Balaban J connectivity index is 2.00. The highest BCUT2D eigenvalue weighted by Gasteiger charge is 2.41.